The van der Waals surface area contributed by atoms with E-state index in [4.69, 9.17) is 22.8 Å². The lowest BCUT2D eigenvalue weighted by Crippen LogP contribution is -2.19. The van der Waals surface area contributed by atoms with Crippen LogP contribution in [0.5, 0.6) is 11.5 Å². The quantitative estimate of drug-likeness (QED) is 0.370. The molecule has 0 amide bonds. The Morgan fingerprint density at radius 2 is 1.69 bits per heavy atom. The third-order valence-electron chi connectivity index (χ3n) is 4.98. The standard InChI is InChI=1S/C25H21ClF2O/c1-3-25(2,19-7-9-20(26)10-8-19)16-4-5-18-6-15-23(28)24(17-18)29-22-13-11-21(27)12-14-22/h1,6-15,17H,4-5,16H2,2H3. The highest BCUT2D eigenvalue weighted by Crippen LogP contribution is 2.31. The third kappa shape index (κ3) is 5.37. The SMILES string of the molecule is C#CC(C)(CCCc1ccc(F)c(Oc2ccc(F)cc2)c1)c1ccc(Cl)cc1. The summed E-state index contributed by atoms with van der Waals surface area (Å²) >= 11 is 5.97. The van der Waals surface area contributed by atoms with Crippen molar-refractivity contribution in [2.75, 3.05) is 0 Å². The first-order valence-electron chi connectivity index (χ1n) is 9.35. The number of hydrogen-bond acceptors (Lipinski definition) is 1. The van der Waals surface area contributed by atoms with E-state index in [2.05, 4.69) is 5.92 Å². The number of benzene rings is 3. The van der Waals surface area contributed by atoms with Crippen molar-refractivity contribution in [3.05, 3.63) is 94.5 Å². The number of rotatable bonds is 7. The van der Waals surface area contributed by atoms with Gasteiger partial charge in [0.1, 0.15) is 11.6 Å². The molecule has 0 spiro atoms. The van der Waals surface area contributed by atoms with E-state index in [-0.39, 0.29) is 11.6 Å². The van der Waals surface area contributed by atoms with Crippen molar-refractivity contribution >= 4 is 11.6 Å². The second-order valence-corrected chi connectivity index (χ2v) is 7.59. The van der Waals surface area contributed by atoms with E-state index in [9.17, 15) is 8.78 Å². The van der Waals surface area contributed by atoms with Crippen LogP contribution in [0.25, 0.3) is 0 Å². The molecule has 0 aromatic heterocycles. The molecule has 0 heterocycles. The number of halogens is 3. The van der Waals surface area contributed by atoms with Crippen LogP contribution < -0.4 is 4.74 Å². The van der Waals surface area contributed by atoms with Gasteiger partial charge in [0.25, 0.3) is 0 Å². The largest absolute Gasteiger partial charge is 0.454 e. The highest BCUT2D eigenvalue weighted by molar-refractivity contribution is 6.30. The number of ether oxygens (including phenoxy) is 1. The molecule has 148 valence electrons. The molecule has 0 radical (unpaired) electrons. The van der Waals surface area contributed by atoms with Gasteiger partial charge >= 0.3 is 0 Å². The fourth-order valence-corrected chi connectivity index (χ4v) is 3.30. The zero-order chi connectivity index (χ0) is 20.9. The van der Waals surface area contributed by atoms with Crippen molar-refractivity contribution in [3.8, 4) is 23.8 Å². The number of terminal acetylenes is 1. The van der Waals surface area contributed by atoms with E-state index < -0.39 is 11.2 Å². The summed E-state index contributed by atoms with van der Waals surface area (Å²) in [6, 6.07) is 17.9. The van der Waals surface area contributed by atoms with Crippen LogP contribution in [0.3, 0.4) is 0 Å². The summed E-state index contributed by atoms with van der Waals surface area (Å²) in [7, 11) is 0. The Labute approximate surface area is 175 Å². The molecule has 1 unspecified atom stereocenters. The van der Waals surface area contributed by atoms with Crippen LogP contribution in [0.4, 0.5) is 8.78 Å². The first-order valence-corrected chi connectivity index (χ1v) is 9.73. The van der Waals surface area contributed by atoms with Gasteiger partial charge in [0, 0.05) is 5.02 Å². The lowest BCUT2D eigenvalue weighted by molar-refractivity contribution is 0.440. The molecule has 0 aliphatic heterocycles. The maximum Gasteiger partial charge on any atom is 0.165 e. The molecular formula is C25H21ClF2O. The van der Waals surface area contributed by atoms with Gasteiger partial charge < -0.3 is 4.74 Å². The molecule has 0 N–H and O–H groups in total. The summed E-state index contributed by atoms with van der Waals surface area (Å²) in [4.78, 5) is 0. The van der Waals surface area contributed by atoms with Crippen LogP contribution in [0, 0.1) is 24.0 Å². The molecule has 3 rings (SSSR count). The Morgan fingerprint density at radius 3 is 2.34 bits per heavy atom. The fourth-order valence-electron chi connectivity index (χ4n) is 3.17. The minimum Gasteiger partial charge on any atom is -0.454 e. The van der Waals surface area contributed by atoms with Gasteiger partial charge in [-0.1, -0.05) is 35.7 Å². The maximum absolute atomic E-state index is 14.1. The van der Waals surface area contributed by atoms with Crippen LogP contribution in [-0.2, 0) is 11.8 Å². The minimum absolute atomic E-state index is 0.117. The van der Waals surface area contributed by atoms with Gasteiger partial charge in [0.2, 0.25) is 0 Å². The molecule has 3 aromatic carbocycles. The Bertz CT molecular complexity index is 1010. The van der Waals surface area contributed by atoms with Gasteiger partial charge in [-0.2, -0.15) is 0 Å². The normalized spacial score (nSPS) is 12.8. The van der Waals surface area contributed by atoms with Crippen LogP contribution in [0.1, 0.15) is 30.9 Å². The highest BCUT2D eigenvalue weighted by atomic mass is 35.5. The average Bonchev–Trinajstić information content (AvgIpc) is 2.72. The van der Waals surface area contributed by atoms with Crippen molar-refractivity contribution in [1.82, 2.24) is 0 Å². The monoisotopic (exact) mass is 410 g/mol. The zero-order valence-corrected chi connectivity index (χ0v) is 16.8. The first kappa shape index (κ1) is 20.9. The summed E-state index contributed by atoms with van der Waals surface area (Å²) in [5, 5.41) is 0.674. The molecule has 3 aromatic rings. The summed E-state index contributed by atoms with van der Waals surface area (Å²) in [6.07, 6.45) is 8.14. The van der Waals surface area contributed by atoms with E-state index in [0.29, 0.717) is 10.8 Å². The molecule has 1 atom stereocenters. The Kier molecular flexibility index (Phi) is 6.56. The number of aryl methyl sites for hydroxylation is 1. The summed E-state index contributed by atoms with van der Waals surface area (Å²) in [6.45, 7) is 2.03. The van der Waals surface area contributed by atoms with E-state index in [1.54, 1.807) is 12.1 Å². The molecule has 0 aliphatic rings. The smallest absolute Gasteiger partial charge is 0.165 e. The lowest BCUT2D eigenvalue weighted by atomic mass is 9.79. The van der Waals surface area contributed by atoms with Crippen LogP contribution in [-0.4, -0.2) is 0 Å². The summed E-state index contributed by atoms with van der Waals surface area (Å²) in [5.41, 5.74) is 1.58. The van der Waals surface area contributed by atoms with Crippen LogP contribution >= 0.6 is 11.6 Å². The van der Waals surface area contributed by atoms with Gasteiger partial charge in [-0.25, -0.2) is 8.78 Å². The van der Waals surface area contributed by atoms with Gasteiger partial charge in [-0.05, 0) is 85.8 Å². The summed E-state index contributed by atoms with van der Waals surface area (Å²) in [5.74, 6) is 2.56. The molecule has 0 saturated heterocycles. The van der Waals surface area contributed by atoms with Crippen molar-refractivity contribution in [1.29, 1.82) is 0 Å². The van der Waals surface area contributed by atoms with E-state index in [0.717, 1.165) is 30.4 Å². The molecule has 4 heteroatoms. The molecular weight excluding hydrogens is 390 g/mol. The predicted octanol–water partition coefficient (Wildman–Crippen LogP) is 7.32. The predicted molar refractivity (Wildman–Crippen MR) is 113 cm³/mol. The zero-order valence-electron chi connectivity index (χ0n) is 16.1. The topological polar surface area (TPSA) is 9.23 Å². The Morgan fingerprint density at radius 1 is 1.00 bits per heavy atom. The minimum atomic E-state index is -0.465. The fraction of sp³-hybridized carbons (Fsp3) is 0.200. The van der Waals surface area contributed by atoms with E-state index >= 15 is 0 Å². The summed E-state index contributed by atoms with van der Waals surface area (Å²) < 4.78 is 32.7. The molecule has 0 fully saturated rings. The van der Waals surface area contributed by atoms with E-state index in [1.165, 1.54) is 30.3 Å². The molecule has 0 bridgehead atoms. The Hall–Kier alpha value is -2.83. The van der Waals surface area contributed by atoms with Crippen molar-refractivity contribution in [3.63, 3.8) is 0 Å². The van der Waals surface area contributed by atoms with Crippen molar-refractivity contribution in [2.45, 2.75) is 31.6 Å². The Balaban J connectivity index is 1.66. The van der Waals surface area contributed by atoms with Gasteiger partial charge in [0.15, 0.2) is 11.6 Å². The first-order chi connectivity index (χ1) is 13.9. The lowest BCUT2D eigenvalue weighted by Gasteiger charge is -2.24. The van der Waals surface area contributed by atoms with Crippen molar-refractivity contribution in [2.24, 2.45) is 0 Å². The van der Waals surface area contributed by atoms with E-state index in [1.807, 2.05) is 31.2 Å². The van der Waals surface area contributed by atoms with Crippen LogP contribution in [0.15, 0.2) is 66.7 Å². The van der Waals surface area contributed by atoms with Gasteiger partial charge in [0.05, 0.1) is 5.41 Å². The maximum atomic E-state index is 14.1. The third-order valence-corrected chi connectivity index (χ3v) is 5.23. The average molecular weight is 411 g/mol. The second kappa shape index (κ2) is 9.11. The molecule has 1 nitrogen and oxygen atoms in total. The molecule has 0 aliphatic carbocycles. The molecule has 29 heavy (non-hydrogen) atoms. The second-order valence-electron chi connectivity index (χ2n) is 7.16. The number of hydrogen-bond donors (Lipinski definition) is 0. The van der Waals surface area contributed by atoms with Gasteiger partial charge in [-0.15, -0.1) is 6.42 Å². The highest BCUT2D eigenvalue weighted by Gasteiger charge is 2.23. The van der Waals surface area contributed by atoms with Crippen LogP contribution in [0.2, 0.25) is 5.02 Å². The molecule has 0 saturated carbocycles. The van der Waals surface area contributed by atoms with Crippen molar-refractivity contribution < 1.29 is 13.5 Å². The van der Waals surface area contributed by atoms with Gasteiger partial charge in [-0.3, -0.25) is 0 Å².